The quantitative estimate of drug-likeness (QED) is 0.671. The molecule has 1 saturated carbocycles. The van der Waals surface area contributed by atoms with Crippen LogP contribution in [0.2, 0.25) is 5.02 Å². The van der Waals surface area contributed by atoms with Crippen LogP contribution in [-0.2, 0) is 0 Å². The summed E-state index contributed by atoms with van der Waals surface area (Å²) < 4.78 is 10.6. The van der Waals surface area contributed by atoms with Gasteiger partial charge in [0.05, 0.1) is 36.0 Å². The van der Waals surface area contributed by atoms with E-state index in [1.807, 2.05) is 30.3 Å². The predicted molar refractivity (Wildman–Crippen MR) is 106 cm³/mol. The molecule has 0 saturated heterocycles. The number of benzene rings is 2. The van der Waals surface area contributed by atoms with Crippen molar-refractivity contribution in [2.75, 3.05) is 19.5 Å². The second kappa shape index (κ2) is 7.08. The lowest BCUT2D eigenvalue weighted by atomic mass is 10.1. The van der Waals surface area contributed by atoms with Gasteiger partial charge in [0.1, 0.15) is 11.5 Å². The molecule has 1 N–H and O–H groups in total. The third-order valence-electron chi connectivity index (χ3n) is 4.70. The van der Waals surface area contributed by atoms with Crippen LogP contribution in [-0.4, -0.2) is 25.1 Å². The minimum atomic E-state index is -0.227. The molecule has 0 unspecified atom stereocenters. The first-order chi connectivity index (χ1) is 13.1. The number of pyridine rings is 1. The molecule has 1 fully saturated rings. The topological polar surface area (TPSA) is 60.5 Å². The Bertz CT molecular complexity index is 1030. The number of nitrogens with one attached hydrogen (secondary N) is 1. The molecule has 0 spiro atoms. The average Bonchev–Trinajstić information content (AvgIpc) is 3.52. The van der Waals surface area contributed by atoms with E-state index < -0.39 is 0 Å². The van der Waals surface area contributed by atoms with Crippen molar-refractivity contribution in [1.82, 2.24) is 4.98 Å². The van der Waals surface area contributed by atoms with Gasteiger partial charge in [0.15, 0.2) is 0 Å². The van der Waals surface area contributed by atoms with Gasteiger partial charge >= 0.3 is 0 Å². The molecule has 4 rings (SSSR count). The third kappa shape index (κ3) is 3.43. The Labute approximate surface area is 162 Å². The van der Waals surface area contributed by atoms with E-state index in [0.29, 0.717) is 33.7 Å². The molecule has 3 aromatic rings. The number of carbonyl (C=O) groups excluding carboxylic acids is 1. The normalized spacial score (nSPS) is 13.4. The molecule has 0 atom stereocenters. The molecule has 0 radical (unpaired) electrons. The summed E-state index contributed by atoms with van der Waals surface area (Å²) in [5.41, 5.74) is 2.88. The van der Waals surface area contributed by atoms with E-state index in [0.717, 1.165) is 29.4 Å². The first-order valence-corrected chi connectivity index (χ1v) is 9.11. The number of nitrogens with zero attached hydrogens (tertiary/aromatic N) is 1. The van der Waals surface area contributed by atoms with Crippen LogP contribution in [0.3, 0.4) is 0 Å². The Balaban J connectivity index is 1.74. The molecule has 0 bridgehead atoms. The number of hydrogen-bond acceptors (Lipinski definition) is 4. The molecule has 1 aliphatic carbocycles. The summed E-state index contributed by atoms with van der Waals surface area (Å²) in [5.74, 6) is 1.18. The summed E-state index contributed by atoms with van der Waals surface area (Å²) in [4.78, 5) is 17.8. The van der Waals surface area contributed by atoms with Crippen LogP contribution in [0.25, 0.3) is 10.9 Å². The molecule has 0 aliphatic heterocycles. The van der Waals surface area contributed by atoms with Crippen LogP contribution in [0.4, 0.5) is 5.69 Å². The first-order valence-electron chi connectivity index (χ1n) is 8.73. The Morgan fingerprint density at radius 2 is 1.85 bits per heavy atom. The maximum atomic E-state index is 13.1. The van der Waals surface area contributed by atoms with Gasteiger partial charge < -0.3 is 14.8 Å². The standard InChI is InChI=1S/C21H19ClN2O3/c1-26-19-11-20(27-2)18(10-15(19)22)24-21(25)14-9-17(12-7-8-12)23-16-6-4-3-5-13(14)16/h3-6,9-12H,7-8H2,1-2H3,(H,24,25). The van der Waals surface area contributed by atoms with Crippen LogP contribution >= 0.6 is 11.6 Å². The number of para-hydroxylation sites is 1. The lowest BCUT2D eigenvalue weighted by Crippen LogP contribution is -2.14. The van der Waals surface area contributed by atoms with Crippen molar-refractivity contribution in [3.63, 3.8) is 0 Å². The van der Waals surface area contributed by atoms with Gasteiger partial charge in [-0.15, -0.1) is 0 Å². The monoisotopic (exact) mass is 382 g/mol. The van der Waals surface area contributed by atoms with Gasteiger partial charge in [-0.05, 0) is 31.0 Å². The van der Waals surface area contributed by atoms with Crippen molar-refractivity contribution < 1.29 is 14.3 Å². The highest BCUT2D eigenvalue weighted by Gasteiger charge is 2.27. The molecule has 2 aromatic carbocycles. The minimum absolute atomic E-state index is 0.227. The number of halogens is 1. The fourth-order valence-electron chi connectivity index (χ4n) is 3.12. The second-order valence-electron chi connectivity index (χ2n) is 6.53. The predicted octanol–water partition coefficient (Wildman–Crippen LogP) is 5.04. The minimum Gasteiger partial charge on any atom is -0.495 e. The van der Waals surface area contributed by atoms with Crippen molar-refractivity contribution in [1.29, 1.82) is 0 Å². The van der Waals surface area contributed by atoms with E-state index in [1.54, 1.807) is 12.1 Å². The maximum absolute atomic E-state index is 13.1. The molecular formula is C21H19ClN2O3. The zero-order valence-electron chi connectivity index (χ0n) is 15.1. The maximum Gasteiger partial charge on any atom is 0.256 e. The van der Waals surface area contributed by atoms with Gasteiger partial charge in [-0.3, -0.25) is 9.78 Å². The van der Waals surface area contributed by atoms with E-state index in [4.69, 9.17) is 26.1 Å². The van der Waals surface area contributed by atoms with Crippen molar-refractivity contribution in [2.45, 2.75) is 18.8 Å². The molecule has 138 valence electrons. The summed E-state index contributed by atoms with van der Waals surface area (Å²) in [6.45, 7) is 0. The van der Waals surface area contributed by atoms with Gasteiger partial charge in [0, 0.05) is 23.1 Å². The number of hydrogen-bond donors (Lipinski definition) is 1. The van der Waals surface area contributed by atoms with Crippen LogP contribution in [0.1, 0.15) is 34.8 Å². The Morgan fingerprint density at radius 3 is 2.56 bits per heavy atom. The highest BCUT2D eigenvalue weighted by atomic mass is 35.5. The molecule has 27 heavy (non-hydrogen) atoms. The largest absolute Gasteiger partial charge is 0.495 e. The van der Waals surface area contributed by atoms with Gasteiger partial charge in [-0.2, -0.15) is 0 Å². The molecule has 1 amide bonds. The molecule has 1 aliphatic rings. The zero-order chi connectivity index (χ0) is 19.0. The Morgan fingerprint density at radius 1 is 1.11 bits per heavy atom. The van der Waals surface area contributed by atoms with Crippen LogP contribution in [0, 0.1) is 0 Å². The number of rotatable bonds is 5. The third-order valence-corrected chi connectivity index (χ3v) is 4.99. The molecule has 1 aromatic heterocycles. The summed E-state index contributed by atoms with van der Waals surface area (Å²) in [6, 6.07) is 12.9. The SMILES string of the molecule is COc1cc(OC)c(NC(=O)c2cc(C3CC3)nc3ccccc23)cc1Cl. The lowest BCUT2D eigenvalue weighted by Gasteiger charge is -2.14. The number of anilines is 1. The molecular weight excluding hydrogens is 364 g/mol. The van der Waals surface area contributed by atoms with Crippen molar-refractivity contribution in [3.05, 3.63) is 58.7 Å². The van der Waals surface area contributed by atoms with E-state index in [1.165, 1.54) is 14.2 Å². The van der Waals surface area contributed by atoms with Gasteiger partial charge in [-0.25, -0.2) is 0 Å². The molecule has 5 nitrogen and oxygen atoms in total. The van der Waals surface area contributed by atoms with Gasteiger partial charge in [-0.1, -0.05) is 29.8 Å². The number of amides is 1. The smallest absolute Gasteiger partial charge is 0.256 e. The van der Waals surface area contributed by atoms with E-state index in [9.17, 15) is 4.79 Å². The van der Waals surface area contributed by atoms with Crippen molar-refractivity contribution in [2.24, 2.45) is 0 Å². The summed E-state index contributed by atoms with van der Waals surface area (Å²) in [7, 11) is 3.06. The molecule has 6 heteroatoms. The summed E-state index contributed by atoms with van der Waals surface area (Å²) in [5, 5.41) is 4.13. The van der Waals surface area contributed by atoms with Crippen LogP contribution in [0.5, 0.6) is 11.5 Å². The van der Waals surface area contributed by atoms with Crippen molar-refractivity contribution in [3.8, 4) is 11.5 Å². The second-order valence-corrected chi connectivity index (χ2v) is 6.93. The fraction of sp³-hybridized carbons (Fsp3) is 0.238. The number of ether oxygens (including phenoxy) is 2. The van der Waals surface area contributed by atoms with Gasteiger partial charge in [0.2, 0.25) is 0 Å². The fourth-order valence-corrected chi connectivity index (χ4v) is 3.36. The van der Waals surface area contributed by atoms with E-state index in [-0.39, 0.29) is 5.91 Å². The van der Waals surface area contributed by atoms with E-state index >= 15 is 0 Å². The number of methoxy groups -OCH3 is 2. The number of fused-ring (bicyclic) bond motifs is 1. The van der Waals surface area contributed by atoms with Crippen LogP contribution in [0.15, 0.2) is 42.5 Å². The summed E-state index contributed by atoms with van der Waals surface area (Å²) >= 11 is 6.22. The molecule has 1 heterocycles. The van der Waals surface area contributed by atoms with Crippen LogP contribution < -0.4 is 14.8 Å². The van der Waals surface area contributed by atoms with Crippen molar-refractivity contribution >= 4 is 34.1 Å². The number of aromatic nitrogens is 1. The highest BCUT2D eigenvalue weighted by Crippen LogP contribution is 2.40. The first kappa shape index (κ1) is 17.6. The zero-order valence-corrected chi connectivity index (χ0v) is 15.8. The number of carbonyl (C=O) groups is 1. The summed E-state index contributed by atoms with van der Waals surface area (Å²) in [6.07, 6.45) is 2.24. The average molecular weight is 383 g/mol. The lowest BCUT2D eigenvalue weighted by molar-refractivity contribution is 0.102. The highest BCUT2D eigenvalue weighted by molar-refractivity contribution is 6.32. The van der Waals surface area contributed by atoms with E-state index in [2.05, 4.69) is 5.32 Å². The van der Waals surface area contributed by atoms with Gasteiger partial charge in [0.25, 0.3) is 5.91 Å². The Hall–Kier alpha value is -2.79. The Kier molecular flexibility index (Phi) is 4.62.